The number of guanidine groups is 1. The highest BCUT2D eigenvalue weighted by Crippen LogP contribution is 2.27. The first-order valence-electron chi connectivity index (χ1n) is 9.69. The summed E-state index contributed by atoms with van der Waals surface area (Å²) in [6.07, 6.45) is 1.05. The zero-order valence-electron chi connectivity index (χ0n) is 17.4. The predicted molar refractivity (Wildman–Crippen MR) is 129 cm³/mol. The van der Waals surface area contributed by atoms with Crippen LogP contribution in [0.5, 0.6) is 11.5 Å². The lowest BCUT2D eigenvalue weighted by atomic mass is 10.1. The fraction of sp³-hybridized carbons (Fsp3) is 0.409. The van der Waals surface area contributed by atoms with Crippen molar-refractivity contribution in [1.82, 2.24) is 15.5 Å². The number of aliphatic imine (C=N–C) groups is 1. The standard InChI is InChI=1S/C22H30N4O2.HI/c1-23-22(25-16-20-14-18-8-4-5-10-21(18)28-20)24-15-17-7-6-9-19(13-17)27-12-11-26(2)3;/h4-10,13,20H,11-12,14-16H2,1-3H3,(H2,23,24,25);1H. The minimum Gasteiger partial charge on any atom is -0.492 e. The molecule has 1 atom stereocenters. The summed E-state index contributed by atoms with van der Waals surface area (Å²) in [5.74, 6) is 2.64. The molecule has 0 saturated heterocycles. The Hall–Kier alpha value is -2.00. The van der Waals surface area contributed by atoms with E-state index in [9.17, 15) is 0 Å². The molecular weight excluding hydrogens is 479 g/mol. The molecule has 0 saturated carbocycles. The molecular formula is C22H31IN4O2. The number of hydrogen-bond acceptors (Lipinski definition) is 4. The Morgan fingerprint density at radius 3 is 2.76 bits per heavy atom. The third-order valence-electron chi connectivity index (χ3n) is 4.60. The molecule has 2 aromatic carbocycles. The molecule has 7 heteroatoms. The summed E-state index contributed by atoms with van der Waals surface area (Å²) in [6, 6.07) is 16.3. The van der Waals surface area contributed by atoms with Gasteiger partial charge in [0.2, 0.25) is 0 Å². The van der Waals surface area contributed by atoms with E-state index in [1.165, 1.54) is 5.56 Å². The lowest BCUT2D eigenvalue weighted by molar-refractivity contribution is 0.235. The van der Waals surface area contributed by atoms with Gasteiger partial charge in [-0.25, -0.2) is 0 Å². The summed E-state index contributed by atoms with van der Waals surface area (Å²) >= 11 is 0. The number of hydrogen-bond donors (Lipinski definition) is 2. The Bertz CT molecular complexity index is 773. The smallest absolute Gasteiger partial charge is 0.191 e. The van der Waals surface area contributed by atoms with Crippen molar-refractivity contribution in [1.29, 1.82) is 0 Å². The summed E-state index contributed by atoms with van der Waals surface area (Å²) in [7, 11) is 5.86. The number of halogens is 1. The van der Waals surface area contributed by atoms with Crippen LogP contribution in [0.3, 0.4) is 0 Å². The highest BCUT2D eigenvalue weighted by atomic mass is 127. The summed E-state index contributed by atoms with van der Waals surface area (Å²) in [4.78, 5) is 6.41. The molecule has 1 heterocycles. The van der Waals surface area contributed by atoms with Gasteiger partial charge in [0.05, 0.1) is 6.54 Å². The van der Waals surface area contributed by atoms with Crippen LogP contribution in [-0.2, 0) is 13.0 Å². The lowest BCUT2D eigenvalue weighted by Gasteiger charge is -2.16. The number of nitrogens with one attached hydrogen (secondary N) is 2. The number of rotatable bonds is 8. The second-order valence-corrected chi connectivity index (χ2v) is 7.16. The van der Waals surface area contributed by atoms with E-state index in [-0.39, 0.29) is 30.1 Å². The first-order valence-corrected chi connectivity index (χ1v) is 9.69. The van der Waals surface area contributed by atoms with Gasteiger partial charge in [0.1, 0.15) is 24.2 Å². The van der Waals surface area contributed by atoms with Crippen LogP contribution in [-0.4, -0.2) is 57.8 Å². The van der Waals surface area contributed by atoms with Gasteiger partial charge in [-0.3, -0.25) is 4.99 Å². The molecule has 2 N–H and O–H groups in total. The van der Waals surface area contributed by atoms with Gasteiger partial charge in [0, 0.05) is 26.6 Å². The minimum absolute atomic E-state index is 0. The quantitative estimate of drug-likeness (QED) is 0.325. The number of para-hydroxylation sites is 1. The first-order chi connectivity index (χ1) is 13.6. The van der Waals surface area contributed by atoms with Gasteiger partial charge >= 0.3 is 0 Å². The normalized spacial score (nSPS) is 15.3. The molecule has 2 aromatic rings. The monoisotopic (exact) mass is 510 g/mol. The van der Waals surface area contributed by atoms with Gasteiger partial charge in [-0.15, -0.1) is 24.0 Å². The molecule has 1 unspecified atom stereocenters. The maximum Gasteiger partial charge on any atom is 0.191 e. The van der Waals surface area contributed by atoms with Gasteiger partial charge in [-0.05, 0) is 43.4 Å². The van der Waals surface area contributed by atoms with E-state index in [0.29, 0.717) is 19.7 Å². The highest BCUT2D eigenvalue weighted by molar-refractivity contribution is 14.0. The third-order valence-corrected chi connectivity index (χ3v) is 4.60. The van der Waals surface area contributed by atoms with E-state index in [4.69, 9.17) is 9.47 Å². The van der Waals surface area contributed by atoms with E-state index in [1.807, 2.05) is 38.4 Å². The largest absolute Gasteiger partial charge is 0.492 e. The molecule has 0 aliphatic carbocycles. The van der Waals surface area contributed by atoms with Crippen molar-refractivity contribution in [2.45, 2.75) is 19.1 Å². The Balaban J connectivity index is 0.00000300. The summed E-state index contributed by atoms with van der Waals surface area (Å²) in [5, 5.41) is 6.71. The summed E-state index contributed by atoms with van der Waals surface area (Å²) in [6.45, 7) is 2.96. The topological polar surface area (TPSA) is 58.1 Å². The predicted octanol–water partition coefficient (Wildman–Crippen LogP) is 2.91. The maximum absolute atomic E-state index is 5.97. The van der Waals surface area contributed by atoms with Crippen LogP contribution in [0.2, 0.25) is 0 Å². The van der Waals surface area contributed by atoms with Crippen LogP contribution < -0.4 is 20.1 Å². The van der Waals surface area contributed by atoms with Crippen LogP contribution in [0.1, 0.15) is 11.1 Å². The average molecular weight is 510 g/mol. The van der Waals surface area contributed by atoms with Gasteiger partial charge in [0.15, 0.2) is 5.96 Å². The van der Waals surface area contributed by atoms with E-state index >= 15 is 0 Å². The molecule has 158 valence electrons. The van der Waals surface area contributed by atoms with Gasteiger partial charge in [-0.1, -0.05) is 30.3 Å². The number of fused-ring (bicyclic) bond motifs is 1. The third kappa shape index (κ3) is 7.40. The molecule has 1 aliphatic heterocycles. The zero-order valence-corrected chi connectivity index (χ0v) is 19.7. The van der Waals surface area contributed by atoms with Gasteiger partial charge in [0.25, 0.3) is 0 Å². The average Bonchev–Trinajstić information content (AvgIpc) is 3.11. The summed E-state index contributed by atoms with van der Waals surface area (Å²) < 4.78 is 11.8. The van der Waals surface area contributed by atoms with Crippen molar-refractivity contribution in [2.75, 3.05) is 40.8 Å². The maximum atomic E-state index is 5.97. The van der Waals surface area contributed by atoms with Crippen LogP contribution >= 0.6 is 24.0 Å². The van der Waals surface area contributed by atoms with E-state index in [2.05, 4.69) is 44.8 Å². The van der Waals surface area contributed by atoms with Crippen molar-refractivity contribution in [3.8, 4) is 11.5 Å². The van der Waals surface area contributed by atoms with Crippen molar-refractivity contribution in [2.24, 2.45) is 4.99 Å². The molecule has 29 heavy (non-hydrogen) atoms. The Labute approximate surface area is 190 Å². The molecule has 1 aliphatic rings. The SMILES string of the molecule is CN=C(NCc1cccc(OCCN(C)C)c1)NCC1Cc2ccccc2O1.I. The Morgan fingerprint density at radius 2 is 2.00 bits per heavy atom. The van der Waals surface area contributed by atoms with Gasteiger partial charge in [-0.2, -0.15) is 0 Å². The van der Waals surface area contributed by atoms with Gasteiger partial charge < -0.3 is 25.0 Å². The molecule has 0 amide bonds. The minimum atomic E-state index is 0. The Kier molecular flexibility index (Phi) is 9.53. The molecule has 3 rings (SSSR count). The van der Waals surface area contributed by atoms with E-state index < -0.39 is 0 Å². The zero-order chi connectivity index (χ0) is 19.8. The molecule has 0 spiro atoms. The summed E-state index contributed by atoms with van der Waals surface area (Å²) in [5.41, 5.74) is 2.41. The van der Waals surface area contributed by atoms with Crippen molar-refractivity contribution < 1.29 is 9.47 Å². The van der Waals surface area contributed by atoms with E-state index in [1.54, 1.807) is 7.05 Å². The number of nitrogens with zero attached hydrogens (tertiary/aromatic N) is 2. The number of ether oxygens (including phenoxy) is 2. The number of benzene rings is 2. The highest BCUT2D eigenvalue weighted by Gasteiger charge is 2.22. The molecule has 6 nitrogen and oxygen atoms in total. The van der Waals surface area contributed by atoms with Crippen molar-refractivity contribution >= 4 is 29.9 Å². The van der Waals surface area contributed by atoms with E-state index in [0.717, 1.165) is 36.0 Å². The fourth-order valence-corrected chi connectivity index (χ4v) is 3.08. The molecule has 0 radical (unpaired) electrons. The Morgan fingerprint density at radius 1 is 1.17 bits per heavy atom. The van der Waals surface area contributed by atoms with Crippen LogP contribution in [0.25, 0.3) is 0 Å². The number of likely N-dealkylation sites (N-methyl/N-ethyl adjacent to an activating group) is 1. The fourth-order valence-electron chi connectivity index (χ4n) is 3.08. The van der Waals surface area contributed by atoms with Crippen molar-refractivity contribution in [3.63, 3.8) is 0 Å². The first kappa shape index (κ1) is 23.3. The molecule has 0 aromatic heterocycles. The second kappa shape index (κ2) is 11.9. The van der Waals surface area contributed by atoms with Crippen molar-refractivity contribution in [3.05, 3.63) is 59.7 Å². The lowest BCUT2D eigenvalue weighted by Crippen LogP contribution is -2.41. The van der Waals surface area contributed by atoms with Crippen LogP contribution in [0.4, 0.5) is 0 Å². The van der Waals surface area contributed by atoms with Crippen LogP contribution in [0.15, 0.2) is 53.5 Å². The second-order valence-electron chi connectivity index (χ2n) is 7.16. The van der Waals surface area contributed by atoms with Crippen LogP contribution in [0, 0.1) is 0 Å². The molecule has 0 bridgehead atoms. The molecule has 0 fully saturated rings.